The summed E-state index contributed by atoms with van der Waals surface area (Å²) in [7, 11) is 0. The van der Waals surface area contributed by atoms with Crippen molar-refractivity contribution in [2.45, 2.75) is 38.1 Å². The first-order chi connectivity index (χ1) is 13.0. The van der Waals surface area contributed by atoms with Crippen molar-refractivity contribution in [1.82, 2.24) is 10.6 Å². The number of amides is 3. The zero-order valence-corrected chi connectivity index (χ0v) is 14.6. The maximum Gasteiger partial charge on any atom is 0.344 e. The summed E-state index contributed by atoms with van der Waals surface area (Å²) in [5, 5.41) is 15.6. The van der Waals surface area contributed by atoms with Crippen LogP contribution in [0.2, 0.25) is 0 Å². The Morgan fingerprint density at radius 3 is 2.52 bits per heavy atom. The summed E-state index contributed by atoms with van der Waals surface area (Å²) >= 11 is 0. The SMILES string of the molecule is O=C(COC(=O)COc1ccccc1[N+](=O)[O-])NC(=O)NC1CCCCC1. The van der Waals surface area contributed by atoms with E-state index in [2.05, 4.69) is 10.6 Å². The maximum absolute atomic E-state index is 11.7. The molecule has 1 aliphatic carbocycles. The van der Waals surface area contributed by atoms with Gasteiger partial charge in [0.05, 0.1) is 4.92 Å². The Morgan fingerprint density at radius 1 is 1.11 bits per heavy atom. The summed E-state index contributed by atoms with van der Waals surface area (Å²) in [5.41, 5.74) is -0.289. The smallest absolute Gasteiger partial charge is 0.344 e. The lowest BCUT2D eigenvalue weighted by Gasteiger charge is -2.22. The normalized spacial score (nSPS) is 14.1. The average Bonchev–Trinajstić information content (AvgIpc) is 2.65. The van der Waals surface area contributed by atoms with Gasteiger partial charge >= 0.3 is 17.7 Å². The van der Waals surface area contributed by atoms with E-state index in [4.69, 9.17) is 9.47 Å². The minimum Gasteiger partial charge on any atom is -0.475 e. The first-order valence-corrected chi connectivity index (χ1v) is 8.58. The second-order valence-electron chi connectivity index (χ2n) is 6.03. The van der Waals surface area contributed by atoms with Crippen molar-refractivity contribution in [2.75, 3.05) is 13.2 Å². The van der Waals surface area contributed by atoms with Crippen molar-refractivity contribution in [2.24, 2.45) is 0 Å². The standard InChI is InChI=1S/C17H21N3O7/c21-15(19-17(23)18-12-6-2-1-3-7-12)10-27-16(22)11-26-14-9-5-4-8-13(14)20(24)25/h4-5,8-9,12H,1-3,6-7,10-11H2,(H2,18,19,21,23). The fourth-order valence-corrected chi connectivity index (χ4v) is 2.69. The largest absolute Gasteiger partial charge is 0.475 e. The van der Waals surface area contributed by atoms with Crippen molar-refractivity contribution < 1.29 is 28.8 Å². The molecule has 0 radical (unpaired) electrons. The van der Waals surface area contributed by atoms with Crippen molar-refractivity contribution >= 4 is 23.6 Å². The van der Waals surface area contributed by atoms with E-state index in [1.165, 1.54) is 24.3 Å². The Hall–Kier alpha value is -3.17. The summed E-state index contributed by atoms with van der Waals surface area (Å²) in [6, 6.07) is 4.98. The summed E-state index contributed by atoms with van der Waals surface area (Å²) in [5.74, 6) is -1.76. The predicted molar refractivity (Wildman–Crippen MR) is 93.1 cm³/mol. The van der Waals surface area contributed by atoms with E-state index in [1.807, 2.05) is 0 Å². The minimum absolute atomic E-state index is 0.0455. The van der Waals surface area contributed by atoms with Crippen LogP contribution in [0.1, 0.15) is 32.1 Å². The van der Waals surface area contributed by atoms with Gasteiger partial charge in [0.1, 0.15) is 0 Å². The molecule has 2 rings (SSSR count). The van der Waals surface area contributed by atoms with E-state index in [0.29, 0.717) is 0 Å². The van der Waals surface area contributed by atoms with Gasteiger partial charge < -0.3 is 14.8 Å². The highest BCUT2D eigenvalue weighted by atomic mass is 16.6. The molecule has 10 nitrogen and oxygen atoms in total. The molecule has 0 bridgehead atoms. The molecular formula is C17H21N3O7. The lowest BCUT2D eigenvalue weighted by atomic mass is 9.96. The number of para-hydroxylation sites is 2. The third-order valence-corrected chi connectivity index (χ3v) is 3.97. The molecule has 0 heterocycles. The molecule has 0 spiro atoms. The van der Waals surface area contributed by atoms with Crippen molar-refractivity contribution in [1.29, 1.82) is 0 Å². The van der Waals surface area contributed by atoms with Gasteiger partial charge in [0.15, 0.2) is 19.0 Å². The molecule has 146 valence electrons. The number of hydrogen-bond acceptors (Lipinski definition) is 7. The molecule has 1 aromatic rings. The fraction of sp³-hybridized carbons (Fsp3) is 0.471. The van der Waals surface area contributed by atoms with Crippen LogP contribution in [0.4, 0.5) is 10.5 Å². The van der Waals surface area contributed by atoms with Crippen LogP contribution < -0.4 is 15.4 Å². The number of nitrogens with one attached hydrogen (secondary N) is 2. The summed E-state index contributed by atoms with van der Waals surface area (Å²) in [6.45, 7) is -1.26. The number of nitro benzene ring substituents is 1. The Kier molecular flexibility index (Phi) is 7.53. The Bertz CT molecular complexity index is 702. The zero-order valence-electron chi connectivity index (χ0n) is 14.6. The van der Waals surface area contributed by atoms with Gasteiger partial charge in [0.25, 0.3) is 5.91 Å². The van der Waals surface area contributed by atoms with E-state index in [0.717, 1.165) is 32.1 Å². The van der Waals surface area contributed by atoms with Gasteiger partial charge in [0, 0.05) is 12.1 Å². The lowest BCUT2D eigenvalue weighted by molar-refractivity contribution is -0.385. The quantitative estimate of drug-likeness (QED) is 0.418. The highest BCUT2D eigenvalue weighted by Gasteiger charge is 2.18. The second kappa shape index (κ2) is 10.1. The molecule has 0 aromatic heterocycles. The molecule has 2 N–H and O–H groups in total. The van der Waals surface area contributed by atoms with Crippen LogP contribution in [0.3, 0.4) is 0 Å². The number of imide groups is 1. The van der Waals surface area contributed by atoms with Gasteiger partial charge in [-0.05, 0) is 18.9 Å². The van der Waals surface area contributed by atoms with Crippen LogP contribution in [0.5, 0.6) is 5.75 Å². The topological polar surface area (TPSA) is 137 Å². The predicted octanol–water partition coefficient (Wildman–Crippen LogP) is 1.68. The van der Waals surface area contributed by atoms with Gasteiger partial charge in [-0.3, -0.25) is 20.2 Å². The van der Waals surface area contributed by atoms with Crippen molar-refractivity contribution in [3.8, 4) is 5.75 Å². The molecule has 0 atom stereocenters. The molecule has 1 saturated carbocycles. The van der Waals surface area contributed by atoms with Gasteiger partial charge in [-0.25, -0.2) is 9.59 Å². The number of hydrogen-bond donors (Lipinski definition) is 2. The minimum atomic E-state index is -0.893. The van der Waals surface area contributed by atoms with Crippen LogP contribution in [-0.4, -0.2) is 42.1 Å². The molecular weight excluding hydrogens is 358 g/mol. The number of nitro groups is 1. The van der Waals surface area contributed by atoms with Crippen molar-refractivity contribution in [3.05, 3.63) is 34.4 Å². The Morgan fingerprint density at radius 2 is 1.81 bits per heavy atom. The molecule has 0 saturated heterocycles. The third-order valence-electron chi connectivity index (χ3n) is 3.97. The van der Waals surface area contributed by atoms with Crippen molar-refractivity contribution in [3.63, 3.8) is 0 Å². The fourth-order valence-electron chi connectivity index (χ4n) is 2.69. The number of rotatable bonds is 7. The summed E-state index contributed by atoms with van der Waals surface area (Å²) in [6.07, 6.45) is 4.97. The summed E-state index contributed by atoms with van der Waals surface area (Å²) in [4.78, 5) is 45.2. The molecule has 0 aliphatic heterocycles. The molecule has 1 aromatic carbocycles. The highest BCUT2D eigenvalue weighted by Crippen LogP contribution is 2.25. The number of carbonyl (C=O) groups excluding carboxylic acids is 3. The van der Waals surface area contributed by atoms with Gasteiger partial charge in [0.2, 0.25) is 0 Å². The van der Waals surface area contributed by atoms with Crippen LogP contribution in [0.15, 0.2) is 24.3 Å². The number of urea groups is 1. The lowest BCUT2D eigenvalue weighted by Crippen LogP contribution is -2.46. The summed E-state index contributed by atoms with van der Waals surface area (Å²) < 4.78 is 9.74. The van der Waals surface area contributed by atoms with E-state index < -0.39 is 36.0 Å². The first kappa shape index (κ1) is 20.1. The van der Waals surface area contributed by atoms with E-state index >= 15 is 0 Å². The molecule has 1 aliphatic rings. The van der Waals surface area contributed by atoms with E-state index in [-0.39, 0.29) is 17.5 Å². The second-order valence-corrected chi connectivity index (χ2v) is 6.03. The third kappa shape index (κ3) is 6.92. The Labute approximate surface area is 155 Å². The number of nitrogens with zero attached hydrogens (tertiary/aromatic N) is 1. The maximum atomic E-state index is 11.7. The average molecular weight is 379 g/mol. The number of esters is 1. The van der Waals surface area contributed by atoms with Gasteiger partial charge in [-0.2, -0.15) is 0 Å². The van der Waals surface area contributed by atoms with Crippen LogP contribution in [0, 0.1) is 10.1 Å². The molecule has 3 amide bonds. The van der Waals surface area contributed by atoms with Gasteiger partial charge in [-0.1, -0.05) is 31.4 Å². The van der Waals surface area contributed by atoms with Crippen LogP contribution in [0.25, 0.3) is 0 Å². The number of carbonyl (C=O) groups is 3. The van der Waals surface area contributed by atoms with E-state index in [9.17, 15) is 24.5 Å². The molecule has 27 heavy (non-hydrogen) atoms. The Balaban J connectivity index is 1.68. The first-order valence-electron chi connectivity index (χ1n) is 8.58. The molecule has 10 heteroatoms. The van der Waals surface area contributed by atoms with Gasteiger partial charge in [-0.15, -0.1) is 0 Å². The monoisotopic (exact) mass is 379 g/mol. The number of ether oxygens (including phenoxy) is 2. The number of benzene rings is 1. The molecule has 0 unspecified atom stereocenters. The molecule has 1 fully saturated rings. The van der Waals surface area contributed by atoms with Crippen LogP contribution >= 0.6 is 0 Å². The highest BCUT2D eigenvalue weighted by molar-refractivity contribution is 5.95. The zero-order chi connectivity index (χ0) is 19.6. The van der Waals surface area contributed by atoms with E-state index in [1.54, 1.807) is 0 Å². The van der Waals surface area contributed by atoms with Crippen LogP contribution in [-0.2, 0) is 14.3 Å².